The maximum absolute atomic E-state index is 13.6. The van der Waals surface area contributed by atoms with E-state index in [-0.39, 0.29) is 17.7 Å². The zero-order chi connectivity index (χ0) is 23.4. The third-order valence-corrected chi connectivity index (χ3v) is 6.36. The molecule has 0 aromatic heterocycles. The van der Waals surface area contributed by atoms with E-state index in [4.69, 9.17) is 16.3 Å². The van der Waals surface area contributed by atoms with Crippen LogP contribution in [-0.4, -0.2) is 36.9 Å². The van der Waals surface area contributed by atoms with Crippen molar-refractivity contribution in [1.29, 1.82) is 0 Å². The van der Waals surface area contributed by atoms with Crippen LogP contribution < -0.4 is 9.64 Å². The fourth-order valence-electron chi connectivity index (χ4n) is 4.30. The number of para-hydroxylation sites is 1. The molecule has 0 N–H and O–H groups in total. The highest BCUT2D eigenvalue weighted by molar-refractivity contribution is 6.30. The van der Waals surface area contributed by atoms with Crippen LogP contribution in [0.2, 0.25) is 5.02 Å². The van der Waals surface area contributed by atoms with Gasteiger partial charge in [-0.1, -0.05) is 41.9 Å². The molecule has 0 bridgehead atoms. The summed E-state index contributed by atoms with van der Waals surface area (Å²) in [4.78, 5) is 30.5. The van der Waals surface area contributed by atoms with Crippen molar-refractivity contribution in [2.45, 2.75) is 25.8 Å². The predicted molar refractivity (Wildman–Crippen MR) is 131 cm³/mol. The molecule has 0 spiro atoms. The number of carbonyl (C=O) groups excluding carboxylic acids is 2. The summed E-state index contributed by atoms with van der Waals surface area (Å²) < 4.78 is 5.20. The van der Waals surface area contributed by atoms with Gasteiger partial charge in [0.05, 0.1) is 13.0 Å². The summed E-state index contributed by atoms with van der Waals surface area (Å²) in [6.07, 6.45) is 0.578. The lowest BCUT2D eigenvalue weighted by atomic mass is 9.88. The summed E-state index contributed by atoms with van der Waals surface area (Å²) in [5, 5.41) is 0.677. The van der Waals surface area contributed by atoms with Gasteiger partial charge in [0.25, 0.3) is 5.91 Å². The molecule has 4 rings (SSSR count). The van der Waals surface area contributed by atoms with Crippen molar-refractivity contribution in [3.63, 3.8) is 0 Å². The number of fused-ring (bicyclic) bond motifs is 1. The molecule has 0 saturated carbocycles. The lowest BCUT2D eigenvalue weighted by molar-refractivity contribution is -0.133. The Bertz CT molecular complexity index is 1130. The van der Waals surface area contributed by atoms with E-state index in [0.29, 0.717) is 42.4 Å². The van der Waals surface area contributed by atoms with Crippen LogP contribution in [0.4, 0.5) is 5.69 Å². The van der Waals surface area contributed by atoms with E-state index in [0.717, 1.165) is 16.8 Å². The molecule has 0 radical (unpaired) electrons. The Balaban J connectivity index is 1.57. The van der Waals surface area contributed by atoms with Gasteiger partial charge in [-0.3, -0.25) is 9.59 Å². The normalized spacial score (nSPS) is 15.0. The van der Waals surface area contributed by atoms with E-state index in [1.165, 1.54) is 0 Å². The number of ether oxygens (including phenoxy) is 1. The second kappa shape index (κ2) is 10.1. The zero-order valence-corrected chi connectivity index (χ0v) is 19.6. The SMILES string of the molecule is CCN(Cc1ccc(Cl)cc1)C(=O)[C@H]1CCN(C(=O)c2ccc(OC)cc2)c2ccccc21. The third kappa shape index (κ3) is 4.88. The second-order valence-electron chi connectivity index (χ2n) is 8.06. The first-order valence-electron chi connectivity index (χ1n) is 11.1. The van der Waals surface area contributed by atoms with Crippen LogP contribution in [0.15, 0.2) is 72.8 Å². The molecule has 5 nitrogen and oxygen atoms in total. The van der Waals surface area contributed by atoms with Crippen molar-refractivity contribution in [2.24, 2.45) is 0 Å². The van der Waals surface area contributed by atoms with Crippen molar-refractivity contribution in [1.82, 2.24) is 4.90 Å². The number of anilines is 1. The Labute approximate surface area is 199 Å². The molecule has 0 fully saturated rings. The Morgan fingerprint density at radius 1 is 1.03 bits per heavy atom. The first kappa shape index (κ1) is 22.9. The summed E-state index contributed by atoms with van der Waals surface area (Å²) in [5.41, 5.74) is 3.32. The molecule has 170 valence electrons. The summed E-state index contributed by atoms with van der Waals surface area (Å²) in [5.74, 6) is 0.422. The number of methoxy groups -OCH3 is 1. The molecule has 33 heavy (non-hydrogen) atoms. The molecule has 1 aliphatic heterocycles. The third-order valence-electron chi connectivity index (χ3n) is 6.10. The van der Waals surface area contributed by atoms with Gasteiger partial charge in [0, 0.05) is 35.9 Å². The minimum atomic E-state index is -0.284. The van der Waals surface area contributed by atoms with Crippen LogP contribution in [0.25, 0.3) is 0 Å². The fourth-order valence-corrected chi connectivity index (χ4v) is 4.42. The lowest BCUT2D eigenvalue weighted by Crippen LogP contribution is -2.42. The number of hydrogen-bond donors (Lipinski definition) is 0. The minimum absolute atomic E-state index is 0.0792. The Morgan fingerprint density at radius 3 is 2.39 bits per heavy atom. The molecule has 2 amide bonds. The van der Waals surface area contributed by atoms with Gasteiger partial charge in [0.1, 0.15) is 5.75 Å². The topological polar surface area (TPSA) is 49.9 Å². The van der Waals surface area contributed by atoms with E-state index >= 15 is 0 Å². The Hall–Kier alpha value is -3.31. The number of nitrogens with zero attached hydrogens (tertiary/aromatic N) is 2. The molecule has 1 aliphatic rings. The molecule has 1 heterocycles. The Kier molecular flexibility index (Phi) is 6.99. The molecule has 3 aromatic carbocycles. The van der Waals surface area contributed by atoms with E-state index in [2.05, 4.69) is 0 Å². The predicted octanol–water partition coefficient (Wildman–Crippen LogP) is 5.53. The monoisotopic (exact) mass is 462 g/mol. The standard InChI is InChI=1S/C27H27ClN2O3/c1-3-29(18-19-8-12-21(28)13-9-19)27(32)24-16-17-30(25-7-5-4-6-23(24)25)26(31)20-10-14-22(33-2)15-11-20/h4-15,24H,3,16-18H2,1-2H3/t24-/m0/s1. The summed E-state index contributed by atoms with van der Waals surface area (Å²) in [6, 6.07) is 22.4. The largest absolute Gasteiger partial charge is 0.497 e. The highest BCUT2D eigenvalue weighted by atomic mass is 35.5. The summed E-state index contributed by atoms with van der Waals surface area (Å²) in [6.45, 7) is 3.60. The number of rotatable bonds is 6. The van der Waals surface area contributed by atoms with Crippen molar-refractivity contribution in [3.05, 3.63) is 94.5 Å². The molecular weight excluding hydrogens is 436 g/mol. The smallest absolute Gasteiger partial charge is 0.258 e. The van der Waals surface area contributed by atoms with Gasteiger partial charge in [-0.25, -0.2) is 0 Å². The van der Waals surface area contributed by atoms with Gasteiger partial charge in [-0.05, 0) is 66.9 Å². The first-order valence-corrected chi connectivity index (χ1v) is 11.5. The average Bonchev–Trinajstić information content (AvgIpc) is 2.87. The second-order valence-corrected chi connectivity index (χ2v) is 8.50. The summed E-state index contributed by atoms with van der Waals surface area (Å²) >= 11 is 6.00. The van der Waals surface area contributed by atoms with Gasteiger partial charge in [0.15, 0.2) is 0 Å². The van der Waals surface area contributed by atoms with E-state index in [1.54, 1.807) is 36.3 Å². The van der Waals surface area contributed by atoms with Crippen molar-refractivity contribution < 1.29 is 14.3 Å². The Morgan fingerprint density at radius 2 is 1.73 bits per heavy atom. The molecule has 0 aliphatic carbocycles. The highest BCUT2D eigenvalue weighted by Gasteiger charge is 2.34. The lowest BCUT2D eigenvalue weighted by Gasteiger charge is -2.36. The molecule has 0 unspecified atom stereocenters. The fraction of sp³-hybridized carbons (Fsp3) is 0.259. The van der Waals surface area contributed by atoms with Gasteiger partial charge in [-0.15, -0.1) is 0 Å². The van der Waals surface area contributed by atoms with E-state index < -0.39 is 0 Å². The van der Waals surface area contributed by atoms with Crippen LogP contribution in [0.1, 0.15) is 40.7 Å². The average molecular weight is 463 g/mol. The van der Waals surface area contributed by atoms with Crippen LogP contribution in [0, 0.1) is 0 Å². The van der Waals surface area contributed by atoms with Crippen molar-refractivity contribution in [3.8, 4) is 5.75 Å². The van der Waals surface area contributed by atoms with Gasteiger partial charge >= 0.3 is 0 Å². The van der Waals surface area contributed by atoms with Gasteiger partial charge < -0.3 is 14.5 Å². The molecule has 6 heteroatoms. The highest BCUT2D eigenvalue weighted by Crippen LogP contribution is 2.37. The van der Waals surface area contributed by atoms with Crippen LogP contribution in [0.3, 0.4) is 0 Å². The number of halogens is 1. The molecule has 1 atom stereocenters. The maximum Gasteiger partial charge on any atom is 0.258 e. The number of amides is 2. The maximum atomic E-state index is 13.6. The van der Waals surface area contributed by atoms with E-state index in [9.17, 15) is 9.59 Å². The first-order chi connectivity index (χ1) is 16.0. The molecule has 0 saturated heterocycles. The van der Waals surface area contributed by atoms with Crippen molar-refractivity contribution in [2.75, 3.05) is 25.1 Å². The van der Waals surface area contributed by atoms with Gasteiger partial charge in [-0.2, -0.15) is 0 Å². The molecular formula is C27H27ClN2O3. The zero-order valence-electron chi connectivity index (χ0n) is 18.8. The van der Waals surface area contributed by atoms with Crippen LogP contribution >= 0.6 is 11.6 Å². The number of likely N-dealkylation sites (N-methyl/N-ethyl adjacent to an activating group) is 1. The number of benzene rings is 3. The minimum Gasteiger partial charge on any atom is -0.497 e. The van der Waals surface area contributed by atoms with Gasteiger partial charge in [0.2, 0.25) is 5.91 Å². The number of hydrogen-bond acceptors (Lipinski definition) is 3. The van der Waals surface area contributed by atoms with Crippen molar-refractivity contribution >= 4 is 29.1 Å². The summed E-state index contributed by atoms with van der Waals surface area (Å²) in [7, 11) is 1.60. The number of carbonyl (C=O) groups is 2. The van der Waals surface area contributed by atoms with Crippen LogP contribution in [0.5, 0.6) is 5.75 Å². The quantitative estimate of drug-likeness (QED) is 0.483. The molecule has 3 aromatic rings. The van der Waals surface area contributed by atoms with E-state index in [1.807, 2.05) is 60.4 Å². The van der Waals surface area contributed by atoms with Crippen LogP contribution in [-0.2, 0) is 11.3 Å².